The molecule has 0 heterocycles. The molecule has 0 spiro atoms. The molecule has 0 saturated heterocycles. The van der Waals surface area contributed by atoms with E-state index in [0.717, 1.165) is 32.1 Å². The summed E-state index contributed by atoms with van der Waals surface area (Å²) in [4.78, 5) is 27.0. The van der Waals surface area contributed by atoms with Crippen molar-refractivity contribution < 1.29 is 9.59 Å². The number of Topliss-reactive ketones (excluding diaryl/α,β-unsaturated/α-hetero) is 1. The molecule has 1 saturated carbocycles. The highest BCUT2D eigenvalue weighted by atomic mass is 16.2. The second kappa shape index (κ2) is 10.0. The third-order valence-corrected chi connectivity index (χ3v) is 6.56. The SMILES string of the molecule is Cc1ccc(CC2(N(C)C)CCC(NC(=O)CCC(=O)c3ccccc3)CC2)cc1. The van der Waals surface area contributed by atoms with Crippen molar-refractivity contribution >= 4 is 11.7 Å². The first-order valence-corrected chi connectivity index (χ1v) is 11.0. The van der Waals surface area contributed by atoms with Gasteiger partial charge in [-0.25, -0.2) is 0 Å². The van der Waals surface area contributed by atoms with E-state index in [0.29, 0.717) is 5.56 Å². The van der Waals surface area contributed by atoms with Crippen molar-refractivity contribution in [2.24, 2.45) is 0 Å². The number of rotatable bonds is 8. The molecule has 4 heteroatoms. The molecule has 0 unspecified atom stereocenters. The number of aryl methyl sites for hydroxylation is 1. The molecule has 0 radical (unpaired) electrons. The number of hydrogen-bond acceptors (Lipinski definition) is 3. The van der Waals surface area contributed by atoms with Gasteiger partial charge in [-0.05, 0) is 58.7 Å². The van der Waals surface area contributed by atoms with Crippen LogP contribution in [-0.4, -0.2) is 42.3 Å². The number of likely N-dealkylation sites (N-methyl/N-ethyl adjacent to an activating group) is 1. The lowest BCUT2D eigenvalue weighted by Gasteiger charge is -2.45. The van der Waals surface area contributed by atoms with E-state index in [1.807, 2.05) is 18.2 Å². The topological polar surface area (TPSA) is 49.4 Å². The first-order chi connectivity index (χ1) is 14.4. The predicted molar refractivity (Wildman–Crippen MR) is 122 cm³/mol. The van der Waals surface area contributed by atoms with Crippen molar-refractivity contribution in [1.29, 1.82) is 0 Å². The van der Waals surface area contributed by atoms with Gasteiger partial charge in [0.2, 0.25) is 5.91 Å². The molecular weight excluding hydrogens is 372 g/mol. The van der Waals surface area contributed by atoms with Crippen molar-refractivity contribution in [3.8, 4) is 0 Å². The molecule has 1 amide bonds. The van der Waals surface area contributed by atoms with Crippen LogP contribution >= 0.6 is 0 Å². The number of hydrogen-bond donors (Lipinski definition) is 1. The third-order valence-electron chi connectivity index (χ3n) is 6.56. The Morgan fingerprint density at radius 1 is 0.967 bits per heavy atom. The third kappa shape index (κ3) is 5.79. The Bertz CT molecular complexity index is 835. The van der Waals surface area contributed by atoms with Gasteiger partial charge < -0.3 is 10.2 Å². The van der Waals surface area contributed by atoms with Crippen LogP contribution in [0.15, 0.2) is 54.6 Å². The van der Waals surface area contributed by atoms with Crippen LogP contribution in [0.5, 0.6) is 0 Å². The van der Waals surface area contributed by atoms with E-state index in [-0.39, 0.29) is 36.1 Å². The van der Waals surface area contributed by atoms with Crippen LogP contribution in [0.1, 0.15) is 60.0 Å². The lowest BCUT2D eigenvalue weighted by Crippen LogP contribution is -2.52. The highest BCUT2D eigenvalue weighted by Gasteiger charge is 2.37. The molecule has 1 aliphatic carbocycles. The Morgan fingerprint density at radius 3 is 2.20 bits per heavy atom. The summed E-state index contributed by atoms with van der Waals surface area (Å²) in [5.74, 6) is 0.0132. The standard InChI is InChI=1S/C26H34N2O2/c1-20-9-11-21(12-10-20)19-26(28(2)3)17-15-23(16-18-26)27-25(30)14-13-24(29)22-7-5-4-6-8-22/h4-12,23H,13-19H2,1-3H3,(H,27,30). The van der Waals surface area contributed by atoms with E-state index in [9.17, 15) is 9.59 Å². The first kappa shape index (κ1) is 22.2. The molecule has 1 N–H and O–H groups in total. The second-order valence-electron chi connectivity index (χ2n) is 8.91. The normalized spacial score (nSPS) is 21.4. The summed E-state index contributed by atoms with van der Waals surface area (Å²) < 4.78 is 0. The number of carbonyl (C=O) groups is 2. The average Bonchev–Trinajstić information content (AvgIpc) is 2.75. The molecule has 0 aliphatic heterocycles. The van der Waals surface area contributed by atoms with Gasteiger partial charge >= 0.3 is 0 Å². The summed E-state index contributed by atoms with van der Waals surface area (Å²) in [5, 5.41) is 3.16. The number of nitrogens with zero attached hydrogens (tertiary/aromatic N) is 1. The van der Waals surface area contributed by atoms with Gasteiger partial charge in [0.15, 0.2) is 5.78 Å². The van der Waals surface area contributed by atoms with E-state index >= 15 is 0 Å². The highest BCUT2D eigenvalue weighted by Crippen LogP contribution is 2.35. The first-order valence-electron chi connectivity index (χ1n) is 11.0. The summed E-state index contributed by atoms with van der Waals surface area (Å²) >= 11 is 0. The molecule has 0 bridgehead atoms. The zero-order valence-electron chi connectivity index (χ0n) is 18.5. The summed E-state index contributed by atoms with van der Waals surface area (Å²) in [7, 11) is 4.34. The Kier molecular flexibility index (Phi) is 7.43. The number of nitrogens with one attached hydrogen (secondary N) is 1. The Balaban J connectivity index is 1.49. The monoisotopic (exact) mass is 406 g/mol. The maximum absolute atomic E-state index is 12.4. The van der Waals surface area contributed by atoms with Crippen LogP contribution in [0, 0.1) is 6.92 Å². The van der Waals surface area contributed by atoms with Crippen LogP contribution in [0.25, 0.3) is 0 Å². The molecule has 30 heavy (non-hydrogen) atoms. The van der Waals surface area contributed by atoms with Crippen molar-refractivity contribution in [3.05, 3.63) is 71.3 Å². The van der Waals surface area contributed by atoms with Gasteiger partial charge in [-0.1, -0.05) is 60.2 Å². The molecule has 3 rings (SSSR count). The van der Waals surface area contributed by atoms with Crippen LogP contribution in [-0.2, 0) is 11.2 Å². The largest absolute Gasteiger partial charge is 0.353 e. The fourth-order valence-electron chi connectivity index (χ4n) is 4.46. The molecule has 0 atom stereocenters. The van der Waals surface area contributed by atoms with Crippen molar-refractivity contribution in [3.63, 3.8) is 0 Å². The zero-order valence-corrected chi connectivity index (χ0v) is 18.5. The van der Waals surface area contributed by atoms with Gasteiger partial charge in [0, 0.05) is 30.0 Å². The molecule has 160 valence electrons. The maximum Gasteiger partial charge on any atom is 0.220 e. The van der Waals surface area contributed by atoms with Crippen molar-refractivity contribution in [1.82, 2.24) is 10.2 Å². The van der Waals surface area contributed by atoms with Crippen LogP contribution < -0.4 is 5.32 Å². The van der Waals surface area contributed by atoms with Gasteiger partial charge in [-0.3, -0.25) is 9.59 Å². The smallest absolute Gasteiger partial charge is 0.220 e. The van der Waals surface area contributed by atoms with Gasteiger partial charge in [-0.2, -0.15) is 0 Å². The molecule has 2 aromatic rings. The number of amides is 1. The van der Waals surface area contributed by atoms with Gasteiger partial charge in [0.1, 0.15) is 0 Å². The molecular formula is C26H34N2O2. The number of ketones is 1. The van der Waals surface area contributed by atoms with Crippen molar-refractivity contribution in [2.45, 2.75) is 63.5 Å². The van der Waals surface area contributed by atoms with Crippen molar-refractivity contribution in [2.75, 3.05) is 14.1 Å². The van der Waals surface area contributed by atoms with Gasteiger partial charge in [0.05, 0.1) is 0 Å². The van der Waals surface area contributed by atoms with E-state index in [1.165, 1.54) is 11.1 Å². The minimum absolute atomic E-state index is 0.0137. The molecule has 1 fully saturated rings. The fraction of sp³-hybridized carbons (Fsp3) is 0.462. The van der Waals surface area contributed by atoms with Crippen LogP contribution in [0.4, 0.5) is 0 Å². The van der Waals surface area contributed by atoms with E-state index < -0.39 is 0 Å². The Labute approximate surface area is 180 Å². The molecule has 4 nitrogen and oxygen atoms in total. The Morgan fingerprint density at radius 2 is 1.60 bits per heavy atom. The van der Waals surface area contributed by atoms with E-state index in [2.05, 4.69) is 55.5 Å². The molecule has 1 aliphatic rings. The van der Waals surface area contributed by atoms with E-state index in [4.69, 9.17) is 0 Å². The fourth-order valence-corrected chi connectivity index (χ4v) is 4.46. The van der Waals surface area contributed by atoms with Gasteiger partial charge in [-0.15, -0.1) is 0 Å². The number of benzene rings is 2. The van der Waals surface area contributed by atoms with E-state index in [1.54, 1.807) is 12.1 Å². The minimum Gasteiger partial charge on any atom is -0.353 e. The summed E-state index contributed by atoms with van der Waals surface area (Å²) in [5.41, 5.74) is 3.47. The molecule has 0 aromatic heterocycles. The van der Waals surface area contributed by atoms with Gasteiger partial charge in [0.25, 0.3) is 0 Å². The lowest BCUT2D eigenvalue weighted by molar-refractivity contribution is -0.122. The summed E-state index contributed by atoms with van der Waals surface area (Å²) in [6, 6.07) is 18.2. The van der Waals surface area contributed by atoms with Crippen LogP contribution in [0.3, 0.4) is 0 Å². The average molecular weight is 407 g/mol. The number of carbonyl (C=O) groups excluding carboxylic acids is 2. The quantitative estimate of drug-likeness (QED) is 0.654. The summed E-state index contributed by atoms with van der Waals surface area (Å²) in [6.07, 6.45) is 5.62. The second-order valence-corrected chi connectivity index (χ2v) is 8.91. The maximum atomic E-state index is 12.4. The molecule has 2 aromatic carbocycles. The highest BCUT2D eigenvalue weighted by molar-refractivity contribution is 5.97. The Hall–Kier alpha value is -2.46. The zero-order chi connectivity index (χ0) is 21.6. The predicted octanol–water partition coefficient (Wildman–Crippen LogP) is 4.56. The minimum atomic E-state index is -0.0137. The summed E-state index contributed by atoms with van der Waals surface area (Å²) in [6.45, 7) is 2.12. The lowest BCUT2D eigenvalue weighted by atomic mass is 9.74. The van der Waals surface area contributed by atoms with Crippen LogP contribution in [0.2, 0.25) is 0 Å².